The van der Waals surface area contributed by atoms with Crippen LogP contribution in [0, 0.1) is 5.92 Å². The zero-order chi connectivity index (χ0) is 11.8. The number of hydrogen-bond donors (Lipinski definition) is 2. The zero-order valence-corrected chi connectivity index (χ0v) is 9.45. The molecule has 0 saturated heterocycles. The molecule has 0 aromatic rings. The van der Waals surface area contributed by atoms with Gasteiger partial charge in [-0.3, -0.25) is 4.79 Å². The Morgan fingerprint density at radius 3 is 2.40 bits per heavy atom. The molecule has 1 atom stereocenters. The van der Waals surface area contributed by atoms with Crippen molar-refractivity contribution in [3.63, 3.8) is 0 Å². The predicted molar refractivity (Wildman–Crippen MR) is 55.7 cm³/mol. The summed E-state index contributed by atoms with van der Waals surface area (Å²) in [6, 6.07) is 0. The number of hydrogen-bond acceptors (Lipinski definition) is 3. The SMILES string of the molecule is CCC(CNC(=O)OC(C)C)CC(=O)O. The van der Waals surface area contributed by atoms with Crippen LogP contribution < -0.4 is 5.32 Å². The molecule has 1 amide bonds. The maximum absolute atomic E-state index is 11.1. The molecule has 5 nitrogen and oxygen atoms in total. The van der Waals surface area contributed by atoms with Crippen molar-refractivity contribution >= 4 is 12.1 Å². The summed E-state index contributed by atoms with van der Waals surface area (Å²) in [6.45, 7) is 5.75. The Bertz CT molecular complexity index is 215. The minimum Gasteiger partial charge on any atom is -0.481 e. The summed E-state index contributed by atoms with van der Waals surface area (Å²) in [7, 11) is 0. The van der Waals surface area contributed by atoms with Crippen LogP contribution in [0.1, 0.15) is 33.6 Å². The van der Waals surface area contributed by atoms with Crippen LogP contribution in [-0.4, -0.2) is 29.8 Å². The van der Waals surface area contributed by atoms with Crippen LogP contribution >= 0.6 is 0 Å². The molecule has 0 aliphatic heterocycles. The first kappa shape index (κ1) is 13.7. The minimum absolute atomic E-state index is 0.0396. The Labute approximate surface area is 89.8 Å². The second kappa shape index (κ2) is 7.09. The van der Waals surface area contributed by atoms with E-state index in [1.165, 1.54) is 0 Å². The van der Waals surface area contributed by atoms with Crippen molar-refractivity contribution in [3.05, 3.63) is 0 Å². The van der Waals surface area contributed by atoms with Gasteiger partial charge in [0.15, 0.2) is 0 Å². The molecule has 0 aliphatic carbocycles. The number of aliphatic carboxylic acids is 1. The lowest BCUT2D eigenvalue weighted by Gasteiger charge is -2.14. The Balaban J connectivity index is 3.79. The van der Waals surface area contributed by atoms with Crippen LogP contribution in [0.15, 0.2) is 0 Å². The third kappa shape index (κ3) is 7.78. The van der Waals surface area contributed by atoms with Gasteiger partial charge >= 0.3 is 12.1 Å². The third-order valence-corrected chi connectivity index (χ3v) is 1.92. The van der Waals surface area contributed by atoms with E-state index in [1.54, 1.807) is 13.8 Å². The fourth-order valence-corrected chi connectivity index (χ4v) is 1.09. The summed E-state index contributed by atoms with van der Waals surface area (Å²) in [5, 5.41) is 11.1. The summed E-state index contributed by atoms with van der Waals surface area (Å²) in [5.41, 5.74) is 0. The molecule has 0 rings (SSSR count). The molecule has 1 unspecified atom stereocenters. The number of alkyl carbamates (subject to hydrolysis) is 1. The highest BCUT2D eigenvalue weighted by atomic mass is 16.6. The average Bonchev–Trinajstić information content (AvgIpc) is 2.10. The molecular formula is C10H19NO4. The van der Waals surface area contributed by atoms with Gasteiger partial charge in [-0.15, -0.1) is 0 Å². The Morgan fingerprint density at radius 1 is 1.40 bits per heavy atom. The van der Waals surface area contributed by atoms with Gasteiger partial charge in [-0.05, 0) is 19.8 Å². The van der Waals surface area contributed by atoms with Crippen LogP contribution in [0.5, 0.6) is 0 Å². The maximum atomic E-state index is 11.1. The lowest BCUT2D eigenvalue weighted by Crippen LogP contribution is -2.32. The maximum Gasteiger partial charge on any atom is 0.407 e. The summed E-state index contributed by atoms with van der Waals surface area (Å²) >= 11 is 0. The number of carbonyl (C=O) groups excluding carboxylic acids is 1. The van der Waals surface area contributed by atoms with Gasteiger partial charge in [-0.25, -0.2) is 4.79 Å². The van der Waals surface area contributed by atoms with Crippen LogP contribution in [0.2, 0.25) is 0 Å². The molecule has 0 aromatic heterocycles. The molecule has 0 spiro atoms. The van der Waals surface area contributed by atoms with Crippen LogP contribution in [0.25, 0.3) is 0 Å². The van der Waals surface area contributed by atoms with Gasteiger partial charge in [-0.1, -0.05) is 13.3 Å². The lowest BCUT2D eigenvalue weighted by molar-refractivity contribution is -0.138. The highest BCUT2D eigenvalue weighted by molar-refractivity contribution is 5.68. The topological polar surface area (TPSA) is 75.6 Å². The molecule has 0 heterocycles. The molecule has 15 heavy (non-hydrogen) atoms. The van der Waals surface area contributed by atoms with Gasteiger partial charge in [0.05, 0.1) is 6.10 Å². The van der Waals surface area contributed by atoms with E-state index in [0.29, 0.717) is 13.0 Å². The van der Waals surface area contributed by atoms with E-state index in [0.717, 1.165) is 0 Å². The number of carboxylic acid groups (broad SMARTS) is 1. The molecule has 0 saturated carbocycles. The first-order chi connectivity index (χ1) is 6.95. The van der Waals surface area contributed by atoms with Gasteiger partial charge in [0.2, 0.25) is 0 Å². The monoisotopic (exact) mass is 217 g/mol. The van der Waals surface area contributed by atoms with Gasteiger partial charge in [0, 0.05) is 13.0 Å². The molecule has 0 fully saturated rings. The van der Waals surface area contributed by atoms with Crippen molar-refractivity contribution in [1.29, 1.82) is 0 Å². The van der Waals surface area contributed by atoms with E-state index in [2.05, 4.69) is 5.32 Å². The van der Waals surface area contributed by atoms with E-state index < -0.39 is 12.1 Å². The van der Waals surface area contributed by atoms with Crippen molar-refractivity contribution in [3.8, 4) is 0 Å². The summed E-state index contributed by atoms with van der Waals surface area (Å²) < 4.78 is 4.85. The standard InChI is InChI=1S/C10H19NO4/c1-4-8(5-9(12)13)6-11-10(14)15-7(2)3/h7-8H,4-6H2,1-3H3,(H,11,14)(H,12,13). The summed E-state index contributed by atoms with van der Waals surface area (Å²) in [5.74, 6) is -0.886. The van der Waals surface area contributed by atoms with E-state index >= 15 is 0 Å². The first-order valence-corrected chi connectivity index (χ1v) is 5.12. The van der Waals surface area contributed by atoms with Gasteiger partial charge < -0.3 is 15.2 Å². The smallest absolute Gasteiger partial charge is 0.407 e. The van der Waals surface area contributed by atoms with Crippen molar-refractivity contribution in [2.75, 3.05) is 6.54 Å². The number of nitrogens with one attached hydrogen (secondary N) is 1. The molecule has 0 aromatic carbocycles. The number of ether oxygens (including phenoxy) is 1. The number of rotatable bonds is 6. The van der Waals surface area contributed by atoms with Crippen molar-refractivity contribution < 1.29 is 19.4 Å². The quantitative estimate of drug-likeness (QED) is 0.709. The summed E-state index contributed by atoms with van der Waals surface area (Å²) in [6.07, 6.45) is 0.130. The van der Waals surface area contributed by atoms with Crippen LogP contribution in [0.3, 0.4) is 0 Å². The largest absolute Gasteiger partial charge is 0.481 e. The molecule has 88 valence electrons. The van der Waals surface area contributed by atoms with Gasteiger partial charge in [0.1, 0.15) is 0 Å². The number of carboxylic acids is 1. The Kier molecular flexibility index (Phi) is 6.49. The highest BCUT2D eigenvalue weighted by Gasteiger charge is 2.13. The molecular weight excluding hydrogens is 198 g/mol. The molecule has 0 bridgehead atoms. The summed E-state index contributed by atoms with van der Waals surface area (Å²) in [4.78, 5) is 21.5. The fraction of sp³-hybridized carbons (Fsp3) is 0.800. The van der Waals surface area contributed by atoms with Crippen molar-refractivity contribution in [1.82, 2.24) is 5.32 Å². The molecule has 0 radical (unpaired) electrons. The second-order valence-electron chi connectivity index (χ2n) is 3.71. The molecule has 5 heteroatoms. The molecule has 0 aliphatic rings. The first-order valence-electron chi connectivity index (χ1n) is 5.12. The minimum atomic E-state index is -0.846. The van der Waals surface area contributed by atoms with E-state index in [4.69, 9.17) is 9.84 Å². The predicted octanol–water partition coefficient (Wildman–Crippen LogP) is 1.62. The van der Waals surface area contributed by atoms with Gasteiger partial charge in [-0.2, -0.15) is 0 Å². The van der Waals surface area contributed by atoms with E-state index in [-0.39, 0.29) is 18.4 Å². The van der Waals surface area contributed by atoms with Crippen LogP contribution in [0.4, 0.5) is 4.79 Å². The van der Waals surface area contributed by atoms with Gasteiger partial charge in [0.25, 0.3) is 0 Å². The lowest BCUT2D eigenvalue weighted by atomic mass is 10.0. The van der Waals surface area contributed by atoms with Crippen molar-refractivity contribution in [2.45, 2.75) is 39.7 Å². The van der Waals surface area contributed by atoms with E-state index in [1.807, 2.05) is 6.92 Å². The Hall–Kier alpha value is -1.26. The molecule has 2 N–H and O–H groups in total. The fourth-order valence-electron chi connectivity index (χ4n) is 1.09. The highest BCUT2D eigenvalue weighted by Crippen LogP contribution is 2.06. The van der Waals surface area contributed by atoms with E-state index in [9.17, 15) is 9.59 Å². The van der Waals surface area contributed by atoms with Crippen LogP contribution in [-0.2, 0) is 9.53 Å². The second-order valence-corrected chi connectivity index (χ2v) is 3.71. The third-order valence-electron chi connectivity index (χ3n) is 1.92. The Morgan fingerprint density at radius 2 is 2.00 bits per heavy atom. The number of amides is 1. The average molecular weight is 217 g/mol. The number of carbonyl (C=O) groups is 2. The van der Waals surface area contributed by atoms with Crippen molar-refractivity contribution in [2.24, 2.45) is 5.92 Å². The zero-order valence-electron chi connectivity index (χ0n) is 9.45. The normalized spacial score (nSPS) is 12.3.